The molecule has 0 aromatic heterocycles. The van der Waals surface area contributed by atoms with Crippen molar-refractivity contribution in [2.75, 3.05) is 9.74 Å². The number of hydrogen-bond acceptors (Lipinski definition) is 4. The molecule has 1 amide bonds. The van der Waals surface area contributed by atoms with Crippen molar-refractivity contribution in [3.8, 4) is 5.75 Å². The number of nitro groups is 1. The van der Waals surface area contributed by atoms with Gasteiger partial charge < -0.3 is 10.1 Å². The lowest BCUT2D eigenvalue weighted by atomic mass is 9.83. The summed E-state index contributed by atoms with van der Waals surface area (Å²) in [6.45, 7) is 8.28. The topological polar surface area (TPSA) is 81.5 Å². The summed E-state index contributed by atoms with van der Waals surface area (Å²) in [5.74, 6) is -0.0867. The zero-order chi connectivity index (χ0) is 22.7. The fraction of sp³-hybridized carbons (Fsp3) is 0.381. The predicted molar refractivity (Wildman–Crippen MR) is 130 cm³/mol. The maximum Gasteiger partial charge on any atom is 0.271 e. The molecule has 2 aromatic rings. The van der Waals surface area contributed by atoms with Gasteiger partial charge in [-0.05, 0) is 49.9 Å². The van der Waals surface area contributed by atoms with Crippen molar-refractivity contribution in [3.63, 3.8) is 0 Å². The minimum Gasteiger partial charge on any atom is -0.487 e. The van der Waals surface area contributed by atoms with Crippen LogP contribution in [0, 0.1) is 15.5 Å². The van der Waals surface area contributed by atoms with E-state index in [1.807, 2.05) is 13.8 Å². The van der Waals surface area contributed by atoms with Crippen LogP contribution >= 0.6 is 45.8 Å². The average molecular weight is 565 g/mol. The van der Waals surface area contributed by atoms with Gasteiger partial charge in [-0.15, -0.1) is 0 Å². The number of non-ortho nitro benzene ring substituents is 1. The summed E-state index contributed by atoms with van der Waals surface area (Å²) in [4.78, 5) is 23.3. The number of alkyl halides is 1. The van der Waals surface area contributed by atoms with Gasteiger partial charge in [0.1, 0.15) is 11.4 Å². The first-order valence-corrected chi connectivity index (χ1v) is 11.4. The lowest BCUT2D eigenvalue weighted by Gasteiger charge is -2.34. The van der Waals surface area contributed by atoms with E-state index in [1.54, 1.807) is 12.1 Å². The maximum atomic E-state index is 12.9. The molecule has 0 atom stereocenters. The Kier molecular flexibility index (Phi) is 7.98. The highest BCUT2D eigenvalue weighted by molar-refractivity contribution is 14.1. The number of ether oxygens (including phenoxy) is 1. The molecule has 9 heteroatoms. The Morgan fingerprint density at radius 2 is 1.83 bits per heavy atom. The second-order valence-corrected chi connectivity index (χ2v) is 9.96. The Morgan fingerprint density at radius 1 is 1.17 bits per heavy atom. The highest BCUT2D eigenvalue weighted by Crippen LogP contribution is 2.35. The molecule has 6 nitrogen and oxygen atoms in total. The minimum absolute atomic E-state index is 0.0607. The molecular weight excluding hydrogens is 542 g/mol. The van der Waals surface area contributed by atoms with Crippen molar-refractivity contribution >= 4 is 63.1 Å². The number of rotatable bonds is 8. The fourth-order valence-corrected chi connectivity index (χ4v) is 3.87. The number of carbonyl (C=O) groups excluding carboxylic acids is 1. The van der Waals surface area contributed by atoms with E-state index in [2.05, 4.69) is 41.8 Å². The van der Waals surface area contributed by atoms with Gasteiger partial charge >= 0.3 is 0 Å². The Labute approximate surface area is 199 Å². The summed E-state index contributed by atoms with van der Waals surface area (Å²) >= 11 is 14.6. The second kappa shape index (κ2) is 9.70. The summed E-state index contributed by atoms with van der Waals surface area (Å²) in [7, 11) is 0. The molecule has 0 fully saturated rings. The van der Waals surface area contributed by atoms with Crippen LogP contribution < -0.4 is 10.1 Å². The van der Waals surface area contributed by atoms with Crippen LogP contribution in [0.15, 0.2) is 36.4 Å². The molecule has 0 aliphatic heterocycles. The third-order valence-electron chi connectivity index (χ3n) is 4.25. The monoisotopic (exact) mass is 564 g/mol. The third-order valence-corrected chi connectivity index (χ3v) is 6.86. The van der Waals surface area contributed by atoms with Gasteiger partial charge in [0.15, 0.2) is 0 Å². The number of benzene rings is 2. The first-order valence-electron chi connectivity index (χ1n) is 9.13. The number of nitrogens with zero attached hydrogens (tertiary/aromatic N) is 1. The number of hydrogen-bond donors (Lipinski definition) is 1. The molecule has 30 heavy (non-hydrogen) atoms. The molecule has 0 saturated carbocycles. The number of anilines is 1. The van der Waals surface area contributed by atoms with Crippen molar-refractivity contribution in [1.29, 1.82) is 0 Å². The molecule has 0 unspecified atom stereocenters. The molecular formula is C21H23Cl2IN2O4. The zero-order valence-electron chi connectivity index (χ0n) is 17.1. The largest absolute Gasteiger partial charge is 0.487 e. The van der Waals surface area contributed by atoms with E-state index in [1.165, 1.54) is 24.3 Å². The van der Waals surface area contributed by atoms with Crippen molar-refractivity contribution < 1.29 is 14.5 Å². The maximum absolute atomic E-state index is 12.9. The van der Waals surface area contributed by atoms with Crippen LogP contribution in [-0.4, -0.2) is 20.9 Å². The minimum atomic E-state index is -0.556. The van der Waals surface area contributed by atoms with Crippen LogP contribution in [0.2, 0.25) is 10.0 Å². The molecule has 0 saturated heterocycles. The van der Waals surface area contributed by atoms with Gasteiger partial charge in [-0.25, -0.2) is 0 Å². The first-order chi connectivity index (χ1) is 13.8. The van der Waals surface area contributed by atoms with Crippen LogP contribution in [0.4, 0.5) is 11.4 Å². The highest BCUT2D eigenvalue weighted by atomic mass is 127. The van der Waals surface area contributed by atoms with Gasteiger partial charge in [-0.2, -0.15) is 0 Å². The SMILES string of the molecule is CC(C)(CI)CC(C)(C)Oc1ccc(Cl)cc1C(=O)Nc1ccc([N+](=O)[O-])cc1Cl. The summed E-state index contributed by atoms with van der Waals surface area (Å²) in [5.41, 5.74) is -0.126. The standard InChI is InChI=1S/C21H23Cl2IN2O4/c1-20(2,12-24)11-21(3,4)30-18-8-5-13(22)9-15(18)19(27)25-17-7-6-14(26(28)29)10-16(17)23/h5-10H,11-12H2,1-4H3,(H,25,27). The van der Waals surface area contributed by atoms with Crippen LogP contribution in [-0.2, 0) is 0 Å². The molecule has 0 spiro atoms. The molecule has 0 radical (unpaired) electrons. The van der Waals surface area contributed by atoms with E-state index in [9.17, 15) is 14.9 Å². The number of halogens is 3. The van der Waals surface area contributed by atoms with E-state index < -0.39 is 16.4 Å². The number of nitrogens with one attached hydrogen (secondary N) is 1. The van der Waals surface area contributed by atoms with E-state index in [0.29, 0.717) is 10.8 Å². The molecule has 162 valence electrons. The lowest BCUT2D eigenvalue weighted by Crippen LogP contribution is -2.35. The van der Waals surface area contributed by atoms with Gasteiger partial charge in [0.05, 0.1) is 21.2 Å². The van der Waals surface area contributed by atoms with E-state index >= 15 is 0 Å². The number of carbonyl (C=O) groups is 1. The van der Waals surface area contributed by atoms with E-state index in [4.69, 9.17) is 27.9 Å². The van der Waals surface area contributed by atoms with Gasteiger partial charge in [-0.1, -0.05) is 59.6 Å². The summed E-state index contributed by atoms with van der Waals surface area (Å²) in [5, 5.41) is 14.0. The third kappa shape index (κ3) is 6.72. The molecule has 1 N–H and O–H groups in total. The van der Waals surface area contributed by atoms with Crippen LogP contribution in [0.3, 0.4) is 0 Å². The van der Waals surface area contributed by atoms with Crippen molar-refractivity contribution in [2.24, 2.45) is 5.41 Å². The smallest absolute Gasteiger partial charge is 0.271 e. The van der Waals surface area contributed by atoms with Gasteiger partial charge in [-0.3, -0.25) is 14.9 Å². The molecule has 0 aliphatic rings. The van der Waals surface area contributed by atoms with Crippen LogP contribution in [0.1, 0.15) is 44.5 Å². The van der Waals surface area contributed by atoms with Crippen molar-refractivity contribution in [2.45, 2.75) is 39.7 Å². The number of nitro benzene ring substituents is 1. The average Bonchev–Trinajstić information content (AvgIpc) is 2.63. The Balaban J connectivity index is 2.30. The van der Waals surface area contributed by atoms with Gasteiger partial charge in [0.2, 0.25) is 0 Å². The quantitative estimate of drug-likeness (QED) is 0.159. The molecule has 0 bridgehead atoms. The van der Waals surface area contributed by atoms with E-state index in [0.717, 1.165) is 10.8 Å². The van der Waals surface area contributed by atoms with Crippen LogP contribution in [0.5, 0.6) is 5.75 Å². The highest BCUT2D eigenvalue weighted by Gasteiger charge is 2.31. The lowest BCUT2D eigenvalue weighted by molar-refractivity contribution is -0.384. The summed E-state index contributed by atoms with van der Waals surface area (Å²) in [6, 6.07) is 8.68. The first kappa shape index (κ1) is 24.7. The summed E-state index contributed by atoms with van der Waals surface area (Å²) < 4.78 is 7.18. The molecule has 0 heterocycles. The van der Waals surface area contributed by atoms with Crippen LogP contribution in [0.25, 0.3) is 0 Å². The predicted octanol–water partition coefficient (Wildman–Crippen LogP) is 7.16. The fourth-order valence-electron chi connectivity index (χ4n) is 3.21. The van der Waals surface area contributed by atoms with Gasteiger partial charge in [0.25, 0.3) is 11.6 Å². The zero-order valence-corrected chi connectivity index (χ0v) is 20.8. The van der Waals surface area contributed by atoms with E-state index in [-0.39, 0.29) is 27.4 Å². The normalized spacial score (nSPS) is 11.8. The molecule has 2 rings (SSSR count). The molecule has 2 aromatic carbocycles. The molecule has 0 aliphatic carbocycles. The number of amides is 1. The van der Waals surface area contributed by atoms with Crippen molar-refractivity contribution in [3.05, 3.63) is 62.1 Å². The Morgan fingerprint density at radius 3 is 2.40 bits per heavy atom. The second-order valence-electron chi connectivity index (χ2n) is 8.35. The Hall–Kier alpha value is -1.58. The Bertz CT molecular complexity index is 964. The summed E-state index contributed by atoms with van der Waals surface area (Å²) in [6.07, 6.45) is 0.779. The van der Waals surface area contributed by atoms with Crippen molar-refractivity contribution in [1.82, 2.24) is 0 Å². The van der Waals surface area contributed by atoms with Gasteiger partial charge in [0, 0.05) is 21.6 Å².